The zero-order valence-electron chi connectivity index (χ0n) is 14.7. The van der Waals surface area contributed by atoms with Crippen molar-refractivity contribution in [2.75, 3.05) is 20.3 Å². The van der Waals surface area contributed by atoms with E-state index < -0.39 is 10.0 Å². The van der Waals surface area contributed by atoms with Crippen molar-refractivity contribution in [2.24, 2.45) is 0 Å². The summed E-state index contributed by atoms with van der Waals surface area (Å²) >= 11 is 0. The Morgan fingerprint density at radius 2 is 1.69 bits per heavy atom. The second kappa shape index (κ2) is 7.76. The molecule has 0 radical (unpaired) electrons. The van der Waals surface area contributed by atoms with Gasteiger partial charge in [-0.25, -0.2) is 13.1 Å². The molecule has 0 saturated heterocycles. The molecular weight excluding hydrogens is 350 g/mol. The summed E-state index contributed by atoms with van der Waals surface area (Å²) < 4.78 is 38.4. The zero-order valence-corrected chi connectivity index (χ0v) is 15.5. The van der Waals surface area contributed by atoms with Crippen LogP contribution in [0.5, 0.6) is 11.5 Å². The number of rotatable bonds is 7. The molecule has 136 valence electrons. The molecule has 3 rings (SSSR count). The first kappa shape index (κ1) is 18.2. The van der Waals surface area contributed by atoms with Gasteiger partial charge in [0.15, 0.2) is 0 Å². The fourth-order valence-corrected chi connectivity index (χ4v) is 3.68. The molecule has 3 aromatic carbocycles. The van der Waals surface area contributed by atoms with E-state index in [0.29, 0.717) is 0 Å². The minimum Gasteiger partial charge on any atom is -0.497 e. The summed E-state index contributed by atoms with van der Waals surface area (Å²) in [5.74, 6) is 1.49. The number of sulfonamides is 1. The molecule has 0 heterocycles. The standard InChI is InChI=1S/C20H21NO4S/c1-15-5-3-4-6-20(15)25-12-11-21-26(22,23)19-10-8-16-13-18(24-2)9-7-17(16)14-19/h3-10,13-14,21H,11-12H2,1-2H3. The zero-order chi connectivity index (χ0) is 18.6. The van der Waals surface area contributed by atoms with Gasteiger partial charge in [-0.05, 0) is 53.6 Å². The topological polar surface area (TPSA) is 64.6 Å². The minimum atomic E-state index is -3.59. The van der Waals surface area contributed by atoms with Gasteiger partial charge >= 0.3 is 0 Å². The number of ether oxygens (including phenoxy) is 2. The van der Waals surface area contributed by atoms with Crippen molar-refractivity contribution in [1.82, 2.24) is 4.72 Å². The highest BCUT2D eigenvalue weighted by atomic mass is 32.2. The largest absolute Gasteiger partial charge is 0.497 e. The van der Waals surface area contributed by atoms with Crippen molar-refractivity contribution in [3.63, 3.8) is 0 Å². The van der Waals surface area contributed by atoms with Crippen molar-refractivity contribution in [1.29, 1.82) is 0 Å². The summed E-state index contributed by atoms with van der Waals surface area (Å²) in [6, 6.07) is 18.2. The van der Waals surface area contributed by atoms with Gasteiger partial charge in [0.1, 0.15) is 18.1 Å². The first-order valence-corrected chi connectivity index (χ1v) is 9.74. The molecule has 1 N–H and O–H groups in total. The van der Waals surface area contributed by atoms with Crippen LogP contribution in [0.1, 0.15) is 5.56 Å². The average Bonchev–Trinajstić information content (AvgIpc) is 2.65. The maximum atomic E-state index is 12.5. The molecule has 0 aliphatic carbocycles. The molecule has 0 atom stereocenters. The van der Waals surface area contributed by atoms with Gasteiger partial charge < -0.3 is 9.47 Å². The Hall–Kier alpha value is -2.57. The summed E-state index contributed by atoms with van der Waals surface area (Å²) in [6.07, 6.45) is 0. The van der Waals surface area contributed by atoms with Crippen LogP contribution in [-0.2, 0) is 10.0 Å². The lowest BCUT2D eigenvalue weighted by Gasteiger charge is -2.11. The fourth-order valence-electron chi connectivity index (χ4n) is 2.63. The van der Waals surface area contributed by atoms with Crippen LogP contribution >= 0.6 is 0 Å². The first-order valence-electron chi connectivity index (χ1n) is 8.25. The fraction of sp³-hybridized carbons (Fsp3) is 0.200. The molecule has 3 aromatic rings. The Morgan fingerprint density at radius 3 is 2.46 bits per heavy atom. The summed E-state index contributed by atoms with van der Waals surface area (Å²) in [7, 11) is -1.99. The SMILES string of the molecule is COc1ccc2cc(S(=O)(=O)NCCOc3ccccc3C)ccc2c1. The van der Waals surface area contributed by atoms with Gasteiger partial charge in [-0.1, -0.05) is 30.3 Å². The van der Waals surface area contributed by atoms with Gasteiger partial charge in [0.2, 0.25) is 10.0 Å². The minimum absolute atomic E-state index is 0.192. The predicted molar refractivity (Wildman–Crippen MR) is 102 cm³/mol. The molecule has 0 saturated carbocycles. The lowest BCUT2D eigenvalue weighted by Crippen LogP contribution is -2.28. The van der Waals surface area contributed by atoms with Crippen molar-refractivity contribution < 1.29 is 17.9 Å². The summed E-state index contributed by atoms with van der Waals surface area (Å²) in [4.78, 5) is 0.228. The molecule has 0 unspecified atom stereocenters. The monoisotopic (exact) mass is 371 g/mol. The lowest BCUT2D eigenvalue weighted by atomic mass is 10.1. The number of para-hydroxylation sites is 1. The van der Waals surface area contributed by atoms with Crippen molar-refractivity contribution in [3.05, 3.63) is 66.2 Å². The number of benzene rings is 3. The molecule has 0 bridgehead atoms. The average molecular weight is 371 g/mol. The number of aryl methyl sites for hydroxylation is 1. The van der Waals surface area contributed by atoms with E-state index in [2.05, 4.69) is 4.72 Å². The van der Waals surface area contributed by atoms with Crippen LogP contribution in [0, 0.1) is 6.92 Å². The highest BCUT2D eigenvalue weighted by Gasteiger charge is 2.14. The van der Waals surface area contributed by atoms with E-state index in [1.165, 1.54) is 0 Å². The molecule has 26 heavy (non-hydrogen) atoms. The molecule has 5 nitrogen and oxygen atoms in total. The van der Waals surface area contributed by atoms with E-state index in [1.54, 1.807) is 25.3 Å². The summed E-state index contributed by atoms with van der Waals surface area (Å²) in [5, 5.41) is 1.76. The number of nitrogens with one attached hydrogen (secondary N) is 1. The summed E-state index contributed by atoms with van der Waals surface area (Å²) in [6.45, 7) is 2.40. The quantitative estimate of drug-likeness (QED) is 0.646. The number of methoxy groups -OCH3 is 1. The molecule has 0 spiro atoms. The van der Waals surface area contributed by atoms with E-state index in [4.69, 9.17) is 9.47 Å². The molecular formula is C20H21NO4S. The van der Waals surface area contributed by atoms with Gasteiger partial charge in [0, 0.05) is 6.54 Å². The lowest BCUT2D eigenvalue weighted by molar-refractivity contribution is 0.320. The third kappa shape index (κ3) is 4.15. The van der Waals surface area contributed by atoms with Crippen LogP contribution in [0.4, 0.5) is 0 Å². The van der Waals surface area contributed by atoms with Crippen LogP contribution < -0.4 is 14.2 Å². The second-order valence-corrected chi connectivity index (χ2v) is 7.65. The third-order valence-corrected chi connectivity index (χ3v) is 5.53. The van der Waals surface area contributed by atoms with Crippen molar-refractivity contribution >= 4 is 20.8 Å². The molecule has 0 aromatic heterocycles. The Kier molecular flexibility index (Phi) is 5.44. The number of fused-ring (bicyclic) bond motifs is 1. The maximum Gasteiger partial charge on any atom is 0.240 e. The van der Waals surface area contributed by atoms with Crippen molar-refractivity contribution in [2.45, 2.75) is 11.8 Å². The van der Waals surface area contributed by atoms with E-state index >= 15 is 0 Å². The molecule has 0 aliphatic rings. The van der Waals surface area contributed by atoms with Crippen LogP contribution in [-0.4, -0.2) is 28.7 Å². The Bertz CT molecular complexity index is 1020. The van der Waals surface area contributed by atoms with Crippen LogP contribution in [0.15, 0.2) is 65.6 Å². The van der Waals surface area contributed by atoms with Crippen molar-refractivity contribution in [3.8, 4) is 11.5 Å². The van der Waals surface area contributed by atoms with Gasteiger partial charge in [-0.3, -0.25) is 0 Å². The number of hydrogen-bond donors (Lipinski definition) is 1. The normalized spacial score (nSPS) is 11.5. The van der Waals surface area contributed by atoms with Gasteiger partial charge in [-0.2, -0.15) is 0 Å². The Balaban J connectivity index is 1.66. The second-order valence-electron chi connectivity index (χ2n) is 5.89. The third-order valence-electron chi connectivity index (χ3n) is 4.07. The van der Waals surface area contributed by atoms with E-state index in [0.717, 1.165) is 27.8 Å². The smallest absolute Gasteiger partial charge is 0.240 e. The van der Waals surface area contributed by atoms with E-state index in [-0.39, 0.29) is 18.0 Å². The van der Waals surface area contributed by atoms with Gasteiger partial charge in [-0.15, -0.1) is 0 Å². The Morgan fingerprint density at radius 1 is 0.962 bits per heavy atom. The molecule has 0 aliphatic heterocycles. The van der Waals surface area contributed by atoms with E-state index in [1.807, 2.05) is 49.4 Å². The molecule has 0 amide bonds. The van der Waals surface area contributed by atoms with Gasteiger partial charge in [0.05, 0.1) is 12.0 Å². The highest BCUT2D eigenvalue weighted by Crippen LogP contribution is 2.23. The van der Waals surface area contributed by atoms with Crippen LogP contribution in [0.25, 0.3) is 10.8 Å². The molecule has 0 fully saturated rings. The Labute approximate surface area is 153 Å². The van der Waals surface area contributed by atoms with Crippen LogP contribution in [0.2, 0.25) is 0 Å². The number of hydrogen-bond acceptors (Lipinski definition) is 4. The summed E-state index contributed by atoms with van der Waals surface area (Å²) in [5.41, 5.74) is 1.01. The maximum absolute atomic E-state index is 12.5. The first-order chi connectivity index (χ1) is 12.5. The highest BCUT2D eigenvalue weighted by molar-refractivity contribution is 7.89. The van der Waals surface area contributed by atoms with E-state index in [9.17, 15) is 8.42 Å². The predicted octanol–water partition coefficient (Wildman–Crippen LogP) is 3.51. The van der Waals surface area contributed by atoms with Crippen LogP contribution in [0.3, 0.4) is 0 Å². The van der Waals surface area contributed by atoms with Gasteiger partial charge in [0.25, 0.3) is 0 Å². The molecule has 6 heteroatoms.